The van der Waals surface area contributed by atoms with Crippen molar-refractivity contribution in [1.82, 2.24) is 5.32 Å². The third kappa shape index (κ3) is 4.12. The van der Waals surface area contributed by atoms with Gasteiger partial charge in [-0.25, -0.2) is 4.79 Å². The average Bonchev–Trinajstić information content (AvgIpc) is 3.02. The van der Waals surface area contributed by atoms with Crippen LogP contribution in [0.5, 0.6) is 0 Å². The topological polar surface area (TPSA) is 52.6 Å². The third-order valence-electron chi connectivity index (χ3n) is 4.16. The molecule has 3 rings (SSSR count). The van der Waals surface area contributed by atoms with Crippen LogP contribution < -0.4 is 10.2 Å². The Balaban J connectivity index is 1.53. The maximum absolute atomic E-state index is 10.8. The summed E-state index contributed by atoms with van der Waals surface area (Å²) in [7, 11) is 0. The van der Waals surface area contributed by atoms with Gasteiger partial charge in [-0.2, -0.15) is 0 Å². The molecule has 2 aromatic rings. The Morgan fingerprint density at radius 3 is 2.74 bits per heavy atom. The largest absolute Gasteiger partial charge is 0.478 e. The van der Waals surface area contributed by atoms with Crippen LogP contribution in [0, 0.1) is 0 Å². The highest BCUT2D eigenvalue weighted by molar-refractivity contribution is 9.10. The maximum Gasteiger partial charge on any atom is 0.335 e. The highest BCUT2D eigenvalue weighted by Gasteiger charge is 2.22. The summed E-state index contributed by atoms with van der Waals surface area (Å²) >= 11 is 3.52. The highest BCUT2D eigenvalue weighted by Crippen LogP contribution is 2.23. The molecule has 1 atom stereocenters. The molecular formula is C18H19BrN2O2. The lowest BCUT2D eigenvalue weighted by Crippen LogP contribution is -2.32. The second-order valence-electron chi connectivity index (χ2n) is 5.79. The molecule has 1 heterocycles. The maximum atomic E-state index is 10.8. The van der Waals surface area contributed by atoms with E-state index in [0.29, 0.717) is 11.6 Å². The number of nitrogens with one attached hydrogen (secondary N) is 1. The molecule has 0 radical (unpaired) electrons. The molecule has 1 saturated heterocycles. The number of carboxylic acids is 1. The van der Waals surface area contributed by atoms with Crippen LogP contribution >= 0.6 is 15.9 Å². The summed E-state index contributed by atoms with van der Waals surface area (Å²) in [5, 5.41) is 12.5. The molecule has 0 saturated carbocycles. The van der Waals surface area contributed by atoms with Gasteiger partial charge in [-0.15, -0.1) is 0 Å². The van der Waals surface area contributed by atoms with E-state index in [0.717, 1.165) is 36.1 Å². The molecule has 1 aliphatic heterocycles. The van der Waals surface area contributed by atoms with Crippen molar-refractivity contribution < 1.29 is 9.90 Å². The van der Waals surface area contributed by atoms with Gasteiger partial charge in [0, 0.05) is 35.8 Å². The zero-order valence-electron chi connectivity index (χ0n) is 12.7. The van der Waals surface area contributed by atoms with E-state index in [9.17, 15) is 4.79 Å². The van der Waals surface area contributed by atoms with Gasteiger partial charge in [0.2, 0.25) is 0 Å². The third-order valence-corrected chi connectivity index (χ3v) is 4.65. The van der Waals surface area contributed by atoms with Crippen LogP contribution in [0.2, 0.25) is 0 Å². The van der Waals surface area contributed by atoms with E-state index in [4.69, 9.17) is 5.11 Å². The number of halogens is 1. The molecule has 1 aliphatic rings. The lowest BCUT2D eigenvalue weighted by Gasteiger charge is -2.19. The number of carbonyl (C=O) groups is 1. The van der Waals surface area contributed by atoms with Gasteiger partial charge in [0.1, 0.15) is 0 Å². The van der Waals surface area contributed by atoms with Crippen LogP contribution in [-0.4, -0.2) is 30.2 Å². The Morgan fingerprint density at radius 2 is 2.04 bits per heavy atom. The van der Waals surface area contributed by atoms with Crippen LogP contribution in [-0.2, 0) is 6.54 Å². The standard InChI is InChI=1S/C18H19BrN2O2/c19-15-2-1-3-17(10-15)21-9-8-16(12-21)20-11-13-4-6-14(7-5-13)18(22)23/h1-7,10,16,20H,8-9,11-12H2,(H,22,23). The van der Waals surface area contributed by atoms with E-state index in [-0.39, 0.29) is 0 Å². The summed E-state index contributed by atoms with van der Waals surface area (Å²) in [6.45, 7) is 2.80. The second-order valence-corrected chi connectivity index (χ2v) is 6.71. The van der Waals surface area contributed by atoms with Crippen molar-refractivity contribution in [3.8, 4) is 0 Å². The minimum Gasteiger partial charge on any atom is -0.478 e. The van der Waals surface area contributed by atoms with Crippen molar-refractivity contribution in [2.24, 2.45) is 0 Å². The van der Waals surface area contributed by atoms with Crippen molar-refractivity contribution in [3.63, 3.8) is 0 Å². The van der Waals surface area contributed by atoms with Gasteiger partial charge >= 0.3 is 5.97 Å². The molecule has 0 aromatic heterocycles. The first-order valence-electron chi connectivity index (χ1n) is 7.68. The van der Waals surface area contributed by atoms with Crippen molar-refractivity contribution in [1.29, 1.82) is 0 Å². The first-order valence-corrected chi connectivity index (χ1v) is 8.47. The molecule has 1 unspecified atom stereocenters. The number of rotatable bonds is 5. The summed E-state index contributed by atoms with van der Waals surface area (Å²) in [4.78, 5) is 13.2. The first kappa shape index (κ1) is 16.0. The Labute approximate surface area is 144 Å². The molecule has 2 N–H and O–H groups in total. The Bertz CT molecular complexity index is 688. The fourth-order valence-corrected chi connectivity index (χ4v) is 3.25. The molecule has 5 heteroatoms. The van der Waals surface area contributed by atoms with Crippen molar-refractivity contribution >= 4 is 27.6 Å². The summed E-state index contributed by atoms with van der Waals surface area (Å²) in [5.41, 5.74) is 2.68. The predicted octanol–water partition coefficient (Wildman–Crippen LogP) is 3.52. The first-order chi connectivity index (χ1) is 11.1. The summed E-state index contributed by atoms with van der Waals surface area (Å²) < 4.78 is 1.10. The smallest absolute Gasteiger partial charge is 0.335 e. The second kappa shape index (κ2) is 7.15. The quantitative estimate of drug-likeness (QED) is 0.840. The number of anilines is 1. The van der Waals surface area contributed by atoms with Gasteiger partial charge in [0.25, 0.3) is 0 Å². The molecule has 4 nitrogen and oxygen atoms in total. The van der Waals surface area contributed by atoms with E-state index < -0.39 is 5.97 Å². The van der Waals surface area contributed by atoms with Crippen LogP contribution in [0.1, 0.15) is 22.3 Å². The lowest BCUT2D eigenvalue weighted by atomic mass is 10.1. The van der Waals surface area contributed by atoms with Crippen molar-refractivity contribution in [2.45, 2.75) is 19.0 Å². The molecule has 2 aromatic carbocycles. The number of aromatic carboxylic acids is 1. The monoisotopic (exact) mass is 374 g/mol. The van der Waals surface area contributed by atoms with E-state index in [2.05, 4.69) is 44.3 Å². The molecule has 0 spiro atoms. The number of carboxylic acid groups (broad SMARTS) is 1. The lowest BCUT2D eigenvalue weighted by molar-refractivity contribution is 0.0697. The van der Waals surface area contributed by atoms with Crippen LogP contribution in [0.15, 0.2) is 53.0 Å². The molecule has 0 aliphatic carbocycles. The van der Waals surface area contributed by atoms with E-state index in [1.807, 2.05) is 18.2 Å². The SMILES string of the molecule is O=C(O)c1ccc(CNC2CCN(c3cccc(Br)c3)C2)cc1. The number of hydrogen-bond acceptors (Lipinski definition) is 3. The average molecular weight is 375 g/mol. The number of hydrogen-bond donors (Lipinski definition) is 2. The fraction of sp³-hybridized carbons (Fsp3) is 0.278. The Hall–Kier alpha value is -1.85. The zero-order chi connectivity index (χ0) is 16.2. The van der Waals surface area contributed by atoms with Gasteiger partial charge < -0.3 is 15.3 Å². The van der Waals surface area contributed by atoms with Gasteiger partial charge in [0.05, 0.1) is 5.56 Å². The Kier molecular flexibility index (Phi) is 4.98. The fourth-order valence-electron chi connectivity index (χ4n) is 2.86. The van der Waals surface area contributed by atoms with Gasteiger partial charge in [-0.05, 0) is 42.3 Å². The van der Waals surface area contributed by atoms with Gasteiger partial charge in [-0.3, -0.25) is 0 Å². The van der Waals surface area contributed by atoms with Gasteiger partial charge in [-0.1, -0.05) is 34.1 Å². The molecular weight excluding hydrogens is 356 g/mol. The highest BCUT2D eigenvalue weighted by atomic mass is 79.9. The summed E-state index contributed by atoms with van der Waals surface area (Å²) in [6.07, 6.45) is 1.11. The minimum atomic E-state index is -0.884. The molecule has 0 bridgehead atoms. The molecule has 0 amide bonds. The van der Waals surface area contributed by atoms with Gasteiger partial charge in [0.15, 0.2) is 0 Å². The summed E-state index contributed by atoms with van der Waals surface area (Å²) in [5.74, 6) is -0.884. The Morgan fingerprint density at radius 1 is 1.26 bits per heavy atom. The normalized spacial score (nSPS) is 17.4. The van der Waals surface area contributed by atoms with Crippen molar-refractivity contribution in [3.05, 3.63) is 64.1 Å². The molecule has 1 fully saturated rings. The van der Waals surface area contributed by atoms with E-state index in [1.165, 1.54) is 5.69 Å². The zero-order valence-corrected chi connectivity index (χ0v) is 14.3. The van der Waals surface area contributed by atoms with E-state index in [1.54, 1.807) is 12.1 Å². The predicted molar refractivity (Wildman–Crippen MR) is 95.0 cm³/mol. The summed E-state index contributed by atoms with van der Waals surface area (Å²) in [6, 6.07) is 15.9. The van der Waals surface area contributed by atoms with E-state index >= 15 is 0 Å². The van der Waals surface area contributed by atoms with Crippen molar-refractivity contribution in [2.75, 3.05) is 18.0 Å². The molecule has 120 valence electrons. The molecule has 23 heavy (non-hydrogen) atoms. The minimum absolute atomic E-state index is 0.329. The number of benzene rings is 2. The van der Waals surface area contributed by atoms with Crippen LogP contribution in [0.3, 0.4) is 0 Å². The van der Waals surface area contributed by atoms with Crippen LogP contribution in [0.4, 0.5) is 5.69 Å². The van der Waals surface area contributed by atoms with Crippen LogP contribution in [0.25, 0.3) is 0 Å². The number of nitrogens with zero attached hydrogens (tertiary/aromatic N) is 1.